The van der Waals surface area contributed by atoms with Gasteiger partial charge in [-0.15, -0.1) is 0 Å². The fraction of sp³-hybridized carbons (Fsp3) is 0.533. The van der Waals surface area contributed by atoms with Crippen LogP contribution in [0.4, 0.5) is 4.79 Å². The predicted octanol–water partition coefficient (Wildman–Crippen LogP) is 0.379. The van der Waals surface area contributed by atoms with Gasteiger partial charge in [-0.25, -0.2) is 4.79 Å². The van der Waals surface area contributed by atoms with Crippen LogP contribution in [0.3, 0.4) is 0 Å². The average molecular weight is 306 g/mol. The summed E-state index contributed by atoms with van der Waals surface area (Å²) in [7, 11) is 0. The summed E-state index contributed by atoms with van der Waals surface area (Å²) in [5.74, 6) is 1.46. The molecule has 2 aliphatic rings. The molecular weight excluding hydrogens is 284 g/mol. The molecule has 1 fully saturated rings. The first-order valence-electron chi connectivity index (χ1n) is 7.57. The first-order chi connectivity index (χ1) is 10.6. The van der Waals surface area contributed by atoms with E-state index in [1.165, 1.54) is 0 Å². The Kier molecular flexibility index (Phi) is 4.35. The number of fused-ring (bicyclic) bond motifs is 1. The second-order valence-electron chi connectivity index (χ2n) is 5.74. The van der Waals surface area contributed by atoms with Crippen LogP contribution in [0.15, 0.2) is 24.3 Å². The summed E-state index contributed by atoms with van der Waals surface area (Å²) < 4.78 is 11.4. The molecule has 3 atom stereocenters. The van der Waals surface area contributed by atoms with E-state index in [9.17, 15) is 4.79 Å². The molecule has 4 N–H and O–H groups in total. The Morgan fingerprint density at radius 3 is 2.64 bits per heavy atom. The summed E-state index contributed by atoms with van der Waals surface area (Å²) in [6, 6.07) is 7.74. The van der Waals surface area contributed by atoms with E-state index < -0.39 is 0 Å². The highest BCUT2D eigenvalue weighted by Gasteiger charge is 2.31. The van der Waals surface area contributed by atoms with Crippen molar-refractivity contribution in [2.45, 2.75) is 38.1 Å². The van der Waals surface area contributed by atoms with Crippen molar-refractivity contribution in [3.8, 4) is 11.5 Å². The first-order valence-corrected chi connectivity index (χ1v) is 7.57. The number of benzene rings is 1. The Labute approximate surface area is 129 Å². The van der Waals surface area contributed by atoms with Gasteiger partial charge in [-0.05, 0) is 26.0 Å². The van der Waals surface area contributed by atoms with E-state index in [1.54, 1.807) is 0 Å². The number of ether oxygens (including phenoxy) is 2. The van der Waals surface area contributed by atoms with E-state index in [4.69, 9.17) is 9.47 Å². The van der Waals surface area contributed by atoms with Crippen molar-refractivity contribution >= 4 is 6.03 Å². The van der Waals surface area contributed by atoms with E-state index in [0.717, 1.165) is 5.75 Å². The maximum Gasteiger partial charge on any atom is 0.315 e. The lowest BCUT2D eigenvalue weighted by Crippen LogP contribution is -2.52. The zero-order valence-corrected chi connectivity index (χ0v) is 12.8. The van der Waals surface area contributed by atoms with Crippen LogP contribution in [0, 0.1) is 0 Å². The number of hydrogen-bond acceptors (Lipinski definition) is 5. The van der Waals surface area contributed by atoms with Gasteiger partial charge in [0.1, 0.15) is 6.61 Å². The monoisotopic (exact) mass is 306 g/mol. The third-order valence-electron chi connectivity index (χ3n) is 3.97. The Hall–Kier alpha value is -1.99. The maximum absolute atomic E-state index is 12.0. The standard InChI is InChI=1S/C15H22N4O3/c1-9-14(10(2)19-18-9)17-15(20)16-7-11-8-21-12-5-3-4-6-13(12)22-11/h3-6,9-11,14,18-19H,7-8H2,1-2H3,(H2,16,17,20). The molecule has 2 heterocycles. The SMILES string of the molecule is CC1NNC(C)C1NC(=O)NCC1COc2ccccc2O1. The molecule has 0 spiro atoms. The molecule has 7 heteroatoms. The van der Waals surface area contributed by atoms with Gasteiger partial charge in [0.25, 0.3) is 0 Å². The van der Waals surface area contributed by atoms with Crippen LogP contribution < -0.4 is 31.0 Å². The van der Waals surface area contributed by atoms with Crippen LogP contribution >= 0.6 is 0 Å². The molecule has 0 bridgehead atoms. The van der Waals surface area contributed by atoms with Crippen LogP contribution in [0.5, 0.6) is 11.5 Å². The van der Waals surface area contributed by atoms with E-state index in [2.05, 4.69) is 21.5 Å². The van der Waals surface area contributed by atoms with Gasteiger partial charge in [0, 0.05) is 12.1 Å². The minimum absolute atomic E-state index is 0.0456. The van der Waals surface area contributed by atoms with E-state index >= 15 is 0 Å². The summed E-state index contributed by atoms with van der Waals surface area (Å²) in [5.41, 5.74) is 6.21. The quantitative estimate of drug-likeness (QED) is 0.649. The van der Waals surface area contributed by atoms with Crippen LogP contribution in [0.2, 0.25) is 0 Å². The van der Waals surface area contributed by atoms with Crippen molar-refractivity contribution < 1.29 is 14.3 Å². The molecule has 0 saturated carbocycles. The van der Waals surface area contributed by atoms with Gasteiger partial charge in [-0.3, -0.25) is 10.9 Å². The van der Waals surface area contributed by atoms with Gasteiger partial charge in [-0.1, -0.05) is 12.1 Å². The normalized spacial score (nSPS) is 29.9. The number of urea groups is 1. The Bertz CT molecular complexity index is 529. The molecule has 1 aromatic carbocycles. The Morgan fingerprint density at radius 2 is 1.91 bits per heavy atom. The first kappa shape index (κ1) is 14.9. The number of hydrazine groups is 1. The zero-order valence-electron chi connectivity index (χ0n) is 12.8. The summed E-state index contributed by atoms with van der Waals surface area (Å²) in [5, 5.41) is 5.81. The van der Waals surface area contributed by atoms with Crippen molar-refractivity contribution in [3.05, 3.63) is 24.3 Å². The van der Waals surface area contributed by atoms with Crippen molar-refractivity contribution in [2.75, 3.05) is 13.2 Å². The Morgan fingerprint density at radius 1 is 1.23 bits per heavy atom. The molecule has 0 aliphatic carbocycles. The van der Waals surface area contributed by atoms with Crippen molar-refractivity contribution in [3.63, 3.8) is 0 Å². The molecule has 2 amide bonds. The highest BCUT2D eigenvalue weighted by molar-refractivity contribution is 5.74. The average Bonchev–Trinajstić information content (AvgIpc) is 2.84. The van der Waals surface area contributed by atoms with Gasteiger partial charge in [0.05, 0.1) is 12.6 Å². The zero-order chi connectivity index (χ0) is 15.5. The number of amides is 2. The van der Waals surface area contributed by atoms with Gasteiger partial charge in [-0.2, -0.15) is 0 Å². The lowest BCUT2D eigenvalue weighted by molar-refractivity contribution is 0.0916. The molecule has 22 heavy (non-hydrogen) atoms. The van der Waals surface area contributed by atoms with E-state index in [1.807, 2.05) is 38.1 Å². The third kappa shape index (κ3) is 3.26. The number of nitrogens with one attached hydrogen (secondary N) is 4. The summed E-state index contributed by atoms with van der Waals surface area (Å²) in [6.45, 7) is 4.88. The van der Waals surface area contributed by atoms with Crippen molar-refractivity contribution in [2.24, 2.45) is 0 Å². The lowest BCUT2D eigenvalue weighted by Gasteiger charge is -2.27. The molecule has 3 unspecified atom stereocenters. The minimum Gasteiger partial charge on any atom is -0.486 e. The second-order valence-corrected chi connectivity index (χ2v) is 5.74. The van der Waals surface area contributed by atoms with Gasteiger partial charge in [0.15, 0.2) is 17.6 Å². The Balaban J connectivity index is 1.46. The highest BCUT2D eigenvalue weighted by Crippen LogP contribution is 2.30. The fourth-order valence-corrected chi connectivity index (χ4v) is 2.70. The molecule has 3 rings (SSSR count). The molecule has 0 aromatic heterocycles. The van der Waals surface area contributed by atoms with Gasteiger partial charge >= 0.3 is 6.03 Å². The van der Waals surface area contributed by atoms with Crippen molar-refractivity contribution in [1.82, 2.24) is 21.5 Å². The van der Waals surface area contributed by atoms with Gasteiger partial charge in [0.2, 0.25) is 0 Å². The van der Waals surface area contributed by atoms with Crippen LogP contribution in [-0.2, 0) is 0 Å². The lowest BCUT2D eigenvalue weighted by atomic mass is 10.1. The topological polar surface area (TPSA) is 83.7 Å². The van der Waals surface area contributed by atoms with E-state index in [0.29, 0.717) is 18.9 Å². The number of carbonyl (C=O) groups is 1. The molecule has 7 nitrogen and oxygen atoms in total. The molecule has 1 aromatic rings. The fourth-order valence-electron chi connectivity index (χ4n) is 2.70. The highest BCUT2D eigenvalue weighted by atomic mass is 16.6. The molecular formula is C15H22N4O3. The number of carbonyl (C=O) groups excluding carboxylic acids is 1. The summed E-state index contributed by atoms with van der Waals surface area (Å²) >= 11 is 0. The van der Waals surface area contributed by atoms with Crippen molar-refractivity contribution in [1.29, 1.82) is 0 Å². The maximum atomic E-state index is 12.0. The molecule has 0 radical (unpaired) electrons. The second kappa shape index (κ2) is 6.41. The number of para-hydroxylation sites is 2. The van der Waals surface area contributed by atoms with E-state index in [-0.39, 0.29) is 30.3 Å². The number of rotatable bonds is 3. The molecule has 120 valence electrons. The van der Waals surface area contributed by atoms with Gasteiger partial charge < -0.3 is 20.1 Å². The molecule has 1 saturated heterocycles. The van der Waals surface area contributed by atoms with Crippen LogP contribution in [0.25, 0.3) is 0 Å². The minimum atomic E-state index is -0.198. The number of hydrogen-bond donors (Lipinski definition) is 4. The van der Waals surface area contributed by atoms with Crippen LogP contribution in [0.1, 0.15) is 13.8 Å². The summed E-state index contributed by atoms with van der Waals surface area (Å²) in [4.78, 5) is 12.0. The molecule has 2 aliphatic heterocycles. The summed E-state index contributed by atoms with van der Waals surface area (Å²) in [6.07, 6.45) is -0.185. The van der Waals surface area contributed by atoms with Crippen LogP contribution in [-0.4, -0.2) is 43.4 Å². The smallest absolute Gasteiger partial charge is 0.315 e. The largest absolute Gasteiger partial charge is 0.486 e. The predicted molar refractivity (Wildman–Crippen MR) is 81.9 cm³/mol. The third-order valence-corrected chi connectivity index (χ3v) is 3.97.